The number of nitrogens with zero attached hydrogens (tertiary/aromatic N) is 2. The van der Waals surface area contributed by atoms with Gasteiger partial charge in [0.2, 0.25) is 0 Å². The van der Waals surface area contributed by atoms with Crippen LogP contribution in [0.4, 0.5) is 0 Å². The van der Waals surface area contributed by atoms with Gasteiger partial charge in [0, 0.05) is 22.8 Å². The lowest BCUT2D eigenvalue weighted by Gasteiger charge is -2.29. The number of rotatable bonds is 8. The molecule has 0 bridgehead atoms. The molecule has 132 valence electrons. The van der Waals surface area contributed by atoms with Crippen LogP contribution in [0.3, 0.4) is 0 Å². The van der Waals surface area contributed by atoms with Crippen molar-refractivity contribution < 1.29 is 4.79 Å². The Balaban J connectivity index is 2.08. The van der Waals surface area contributed by atoms with Gasteiger partial charge in [-0.05, 0) is 76.0 Å². The summed E-state index contributed by atoms with van der Waals surface area (Å²) in [6.45, 7) is 8.30. The summed E-state index contributed by atoms with van der Waals surface area (Å²) in [7, 11) is 0. The fraction of sp³-hybridized carbons (Fsp3) is 0.550. The summed E-state index contributed by atoms with van der Waals surface area (Å²) in [5.41, 5.74) is 1.91. The molecule has 0 saturated carbocycles. The largest absolute Gasteiger partial charge is 0.312 e. The van der Waals surface area contributed by atoms with E-state index in [-0.39, 0.29) is 5.91 Å². The Hall–Kier alpha value is -1.32. The van der Waals surface area contributed by atoms with Crippen molar-refractivity contribution in [1.82, 2.24) is 9.80 Å². The van der Waals surface area contributed by atoms with E-state index in [1.54, 1.807) is 12.1 Å². The fourth-order valence-corrected chi connectivity index (χ4v) is 3.31. The zero-order valence-corrected chi connectivity index (χ0v) is 15.7. The fourth-order valence-electron chi connectivity index (χ4n) is 3.18. The molecule has 0 fully saturated rings. The Kier molecular flexibility index (Phi) is 7.80. The van der Waals surface area contributed by atoms with E-state index < -0.39 is 0 Å². The van der Waals surface area contributed by atoms with E-state index in [1.807, 2.05) is 17.0 Å². The van der Waals surface area contributed by atoms with Crippen LogP contribution in [0.15, 0.2) is 36.0 Å². The SMILES string of the molecule is CCN(CC)CCCN(C(=O)c1ccc(Cl)cc1)C1=CCCCC1. The maximum atomic E-state index is 13.0. The number of hydrogen-bond acceptors (Lipinski definition) is 2. The minimum absolute atomic E-state index is 0.0966. The van der Waals surface area contributed by atoms with Gasteiger partial charge in [0.1, 0.15) is 0 Å². The van der Waals surface area contributed by atoms with Crippen molar-refractivity contribution in [1.29, 1.82) is 0 Å². The quantitative estimate of drug-likeness (QED) is 0.662. The Morgan fingerprint density at radius 2 is 1.79 bits per heavy atom. The molecule has 0 atom stereocenters. The molecular weight excluding hydrogens is 320 g/mol. The number of carbonyl (C=O) groups is 1. The van der Waals surface area contributed by atoms with E-state index in [4.69, 9.17) is 11.6 Å². The first-order valence-electron chi connectivity index (χ1n) is 9.14. The molecule has 3 nitrogen and oxygen atoms in total. The molecule has 1 aromatic rings. The molecule has 0 aromatic heterocycles. The third kappa shape index (κ3) is 5.35. The van der Waals surface area contributed by atoms with Crippen LogP contribution in [0.25, 0.3) is 0 Å². The summed E-state index contributed by atoms with van der Waals surface area (Å²) in [4.78, 5) is 17.4. The maximum Gasteiger partial charge on any atom is 0.257 e. The van der Waals surface area contributed by atoms with E-state index in [0.717, 1.165) is 45.4 Å². The van der Waals surface area contributed by atoms with Crippen LogP contribution in [0.5, 0.6) is 0 Å². The molecule has 0 saturated heterocycles. The minimum Gasteiger partial charge on any atom is -0.312 e. The predicted octanol–water partition coefficient (Wildman–Crippen LogP) is 4.97. The molecule has 1 amide bonds. The van der Waals surface area contributed by atoms with E-state index >= 15 is 0 Å². The summed E-state index contributed by atoms with van der Waals surface area (Å²) in [6.07, 6.45) is 7.73. The highest BCUT2D eigenvalue weighted by atomic mass is 35.5. The lowest BCUT2D eigenvalue weighted by atomic mass is 10.0. The molecule has 0 aliphatic heterocycles. The maximum absolute atomic E-state index is 13.0. The molecule has 1 aliphatic carbocycles. The second-order valence-corrected chi connectivity index (χ2v) is 6.72. The van der Waals surface area contributed by atoms with Gasteiger partial charge in [-0.15, -0.1) is 0 Å². The zero-order valence-electron chi connectivity index (χ0n) is 14.9. The molecule has 0 radical (unpaired) electrons. The van der Waals surface area contributed by atoms with Crippen molar-refractivity contribution in [2.24, 2.45) is 0 Å². The molecular formula is C20H29ClN2O. The third-order valence-electron chi connectivity index (χ3n) is 4.70. The standard InChI is InChI=1S/C20H29ClN2O/c1-3-22(4-2)15-8-16-23(19-9-6-5-7-10-19)20(24)17-11-13-18(21)14-12-17/h9,11-14H,3-8,10,15-16H2,1-2H3. The average Bonchev–Trinajstić information content (AvgIpc) is 2.63. The van der Waals surface area contributed by atoms with Crippen molar-refractivity contribution in [2.75, 3.05) is 26.2 Å². The molecule has 1 aromatic carbocycles. The topological polar surface area (TPSA) is 23.6 Å². The van der Waals surface area contributed by atoms with Crippen LogP contribution >= 0.6 is 11.6 Å². The average molecular weight is 349 g/mol. The number of halogens is 1. The van der Waals surface area contributed by atoms with Gasteiger partial charge in [-0.3, -0.25) is 4.79 Å². The molecule has 24 heavy (non-hydrogen) atoms. The Bertz CT molecular complexity index is 549. The Labute approximate surface area is 151 Å². The van der Waals surface area contributed by atoms with E-state index in [1.165, 1.54) is 18.5 Å². The first-order valence-corrected chi connectivity index (χ1v) is 9.52. The zero-order chi connectivity index (χ0) is 17.4. The first-order chi connectivity index (χ1) is 11.7. The van der Waals surface area contributed by atoms with Gasteiger partial charge >= 0.3 is 0 Å². The lowest BCUT2D eigenvalue weighted by molar-refractivity contribution is 0.0792. The van der Waals surface area contributed by atoms with Gasteiger partial charge in [-0.1, -0.05) is 31.5 Å². The number of amides is 1. The lowest BCUT2D eigenvalue weighted by Crippen LogP contribution is -2.34. The van der Waals surface area contributed by atoms with Crippen LogP contribution in [0.1, 0.15) is 56.3 Å². The van der Waals surface area contributed by atoms with E-state index in [2.05, 4.69) is 24.8 Å². The molecule has 2 rings (SSSR count). The molecule has 0 N–H and O–H groups in total. The van der Waals surface area contributed by atoms with Gasteiger partial charge in [0.05, 0.1) is 0 Å². The van der Waals surface area contributed by atoms with E-state index in [9.17, 15) is 4.79 Å². The van der Waals surface area contributed by atoms with Gasteiger partial charge in [-0.25, -0.2) is 0 Å². The van der Waals surface area contributed by atoms with Crippen LogP contribution in [0, 0.1) is 0 Å². The number of hydrogen-bond donors (Lipinski definition) is 0. The number of allylic oxidation sites excluding steroid dienone is 2. The first kappa shape index (κ1) is 19.0. The Morgan fingerprint density at radius 1 is 1.08 bits per heavy atom. The van der Waals surface area contributed by atoms with Gasteiger partial charge in [-0.2, -0.15) is 0 Å². The summed E-state index contributed by atoms with van der Waals surface area (Å²) in [5, 5.41) is 0.663. The van der Waals surface area contributed by atoms with Crippen molar-refractivity contribution in [3.63, 3.8) is 0 Å². The van der Waals surface area contributed by atoms with Gasteiger partial charge in [0.15, 0.2) is 0 Å². The van der Waals surface area contributed by atoms with Crippen LogP contribution < -0.4 is 0 Å². The summed E-state index contributed by atoms with van der Waals surface area (Å²) < 4.78 is 0. The monoisotopic (exact) mass is 348 g/mol. The van der Waals surface area contributed by atoms with Gasteiger partial charge in [0.25, 0.3) is 5.91 Å². The molecule has 1 aliphatic rings. The molecule has 0 heterocycles. The number of benzene rings is 1. The van der Waals surface area contributed by atoms with Crippen LogP contribution in [-0.2, 0) is 0 Å². The molecule has 0 spiro atoms. The van der Waals surface area contributed by atoms with Crippen molar-refractivity contribution in [2.45, 2.75) is 46.0 Å². The third-order valence-corrected chi connectivity index (χ3v) is 4.95. The second kappa shape index (κ2) is 9.85. The summed E-state index contributed by atoms with van der Waals surface area (Å²) >= 11 is 5.95. The van der Waals surface area contributed by atoms with Crippen molar-refractivity contribution >= 4 is 17.5 Å². The van der Waals surface area contributed by atoms with Crippen LogP contribution in [0.2, 0.25) is 5.02 Å². The normalized spacial score (nSPS) is 14.6. The summed E-state index contributed by atoms with van der Waals surface area (Å²) in [6, 6.07) is 7.23. The summed E-state index contributed by atoms with van der Waals surface area (Å²) in [5.74, 6) is 0.0966. The highest BCUT2D eigenvalue weighted by molar-refractivity contribution is 6.30. The van der Waals surface area contributed by atoms with Crippen molar-refractivity contribution in [3.05, 3.63) is 46.6 Å². The smallest absolute Gasteiger partial charge is 0.257 e. The van der Waals surface area contributed by atoms with E-state index in [0.29, 0.717) is 10.6 Å². The van der Waals surface area contributed by atoms with Crippen LogP contribution in [-0.4, -0.2) is 41.9 Å². The van der Waals surface area contributed by atoms with Gasteiger partial charge < -0.3 is 9.80 Å². The van der Waals surface area contributed by atoms with Crippen molar-refractivity contribution in [3.8, 4) is 0 Å². The second-order valence-electron chi connectivity index (χ2n) is 6.29. The molecule has 4 heteroatoms. The Morgan fingerprint density at radius 3 is 2.38 bits per heavy atom. The minimum atomic E-state index is 0.0966. The highest BCUT2D eigenvalue weighted by Crippen LogP contribution is 2.23. The highest BCUT2D eigenvalue weighted by Gasteiger charge is 2.20. The predicted molar refractivity (Wildman–Crippen MR) is 101 cm³/mol. The number of carbonyl (C=O) groups excluding carboxylic acids is 1. The molecule has 0 unspecified atom stereocenters.